The van der Waals surface area contributed by atoms with Crippen LogP contribution in [0, 0.1) is 0 Å². The van der Waals surface area contributed by atoms with Gasteiger partial charge in [-0.25, -0.2) is 0 Å². The smallest absolute Gasteiger partial charge is 0.258 e. The van der Waals surface area contributed by atoms with Gasteiger partial charge in [0, 0.05) is 0 Å². The number of rotatable bonds is 4. The number of hydrogen-bond acceptors (Lipinski definition) is 2. The third-order valence-electron chi connectivity index (χ3n) is 1.74. The zero-order valence-corrected chi connectivity index (χ0v) is 8.14. The van der Waals surface area contributed by atoms with Crippen LogP contribution in [0.4, 0.5) is 0 Å². The Kier molecular flexibility index (Phi) is 4.04. The number of amides is 1. The van der Waals surface area contributed by atoms with Gasteiger partial charge in [-0.15, -0.1) is 0 Å². The molecule has 0 aliphatic carbocycles. The second-order valence-electron chi connectivity index (χ2n) is 2.81. The third kappa shape index (κ3) is 3.23. The van der Waals surface area contributed by atoms with Crippen LogP contribution in [0.15, 0.2) is 48.7 Å². The van der Waals surface area contributed by atoms with Crippen molar-refractivity contribution >= 4 is 18.3 Å². The van der Waals surface area contributed by atoms with E-state index in [2.05, 4.69) is 11.9 Å². The first kappa shape index (κ1) is 10.9. The summed E-state index contributed by atoms with van der Waals surface area (Å²) in [4.78, 5) is 22.0. The number of benzene rings is 1. The summed E-state index contributed by atoms with van der Waals surface area (Å²) in [6, 6.07) is 9.15. The van der Waals surface area contributed by atoms with Crippen LogP contribution in [0.1, 0.15) is 5.56 Å². The lowest BCUT2D eigenvalue weighted by Gasteiger charge is -1.98. The van der Waals surface area contributed by atoms with E-state index in [1.165, 1.54) is 12.3 Å². The average Bonchev–Trinajstić information content (AvgIpc) is 2.27. The largest absolute Gasteiger partial charge is 0.329 e. The minimum atomic E-state index is -0.455. The molecule has 0 saturated heterocycles. The first-order valence-corrected chi connectivity index (χ1v) is 4.41. The molecule has 0 aromatic heterocycles. The summed E-state index contributed by atoms with van der Waals surface area (Å²) in [6.45, 7) is 3.35. The molecule has 0 bridgehead atoms. The topological polar surface area (TPSA) is 46.2 Å². The monoisotopic (exact) mass is 201 g/mol. The lowest BCUT2D eigenvalue weighted by Crippen LogP contribution is -2.19. The van der Waals surface area contributed by atoms with E-state index in [0.717, 1.165) is 5.56 Å². The number of aldehydes is 1. The Morgan fingerprint density at radius 1 is 1.27 bits per heavy atom. The van der Waals surface area contributed by atoms with Crippen LogP contribution in [0.3, 0.4) is 0 Å². The molecule has 0 fully saturated rings. The zero-order chi connectivity index (χ0) is 11.1. The average molecular weight is 201 g/mol. The van der Waals surface area contributed by atoms with Crippen molar-refractivity contribution in [3.63, 3.8) is 0 Å². The lowest BCUT2D eigenvalue weighted by molar-refractivity contribution is -0.118. The number of nitrogens with one attached hydrogen (secondary N) is 1. The number of hydrogen-bond donors (Lipinski definition) is 1. The van der Waals surface area contributed by atoms with Crippen LogP contribution >= 0.6 is 0 Å². The lowest BCUT2D eigenvalue weighted by atomic mass is 10.1. The minimum absolute atomic E-state index is 0.0705. The van der Waals surface area contributed by atoms with Crippen LogP contribution in [-0.2, 0) is 9.59 Å². The standard InChI is InChI=1S/C12H11NO2/c1-2-13-12(15)11(9-14)8-10-6-4-3-5-7-10/h2-9H,1H2,(H,13,15). The van der Waals surface area contributed by atoms with Gasteiger partial charge >= 0.3 is 0 Å². The van der Waals surface area contributed by atoms with Crippen LogP contribution in [0.2, 0.25) is 0 Å². The molecule has 76 valence electrons. The Balaban J connectivity index is 2.92. The molecule has 1 aromatic carbocycles. The van der Waals surface area contributed by atoms with Gasteiger partial charge in [-0.3, -0.25) is 9.59 Å². The summed E-state index contributed by atoms with van der Waals surface area (Å²) in [7, 11) is 0. The van der Waals surface area contributed by atoms with Gasteiger partial charge in [0.2, 0.25) is 0 Å². The highest BCUT2D eigenvalue weighted by Gasteiger charge is 2.05. The highest BCUT2D eigenvalue weighted by Crippen LogP contribution is 2.04. The van der Waals surface area contributed by atoms with Crippen molar-refractivity contribution < 1.29 is 9.59 Å². The van der Waals surface area contributed by atoms with E-state index < -0.39 is 5.91 Å². The summed E-state index contributed by atoms with van der Waals surface area (Å²) in [5.41, 5.74) is 0.875. The maximum absolute atomic E-state index is 11.3. The van der Waals surface area contributed by atoms with Crippen molar-refractivity contribution in [3.8, 4) is 0 Å². The molecule has 15 heavy (non-hydrogen) atoms. The molecular weight excluding hydrogens is 190 g/mol. The van der Waals surface area contributed by atoms with E-state index in [4.69, 9.17) is 0 Å². The molecule has 0 atom stereocenters. The van der Waals surface area contributed by atoms with Gasteiger partial charge in [-0.1, -0.05) is 36.9 Å². The van der Waals surface area contributed by atoms with E-state index in [9.17, 15) is 9.59 Å². The molecule has 1 rings (SSSR count). The second kappa shape index (κ2) is 5.54. The highest BCUT2D eigenvalue weighted by molar-refractivity contribution is 6.14. The quantitative estimate of drug-likeness (QED) is 0.347. The fraction of sp³-hybridized carbons (Fsp3) is 0. The molecule has 0 unspecified atom stereocenters. The van der Waals surface area contributed by atoms with Gasteiger partial charge in [0.05, 0.1) is 5.57 Å². The summed E-state index contributed by atoms with van der Waals surface area (Å²) in [5, 5.41) is 2.34. The molecular formula is C12H11NO2. The summed E-state index contributed by atoms with van der Waals surface area (Å²) < 4.78 is 0. The molecule has 1 N–H and O–H groups in total. The van der Waals surface area contributed by atoms with Crippen LogP contribution in [-0.4, -0.2) is 12.2 Å². The second-order valence-corrected chi connectivity index (χ2v) is 2.81. The molecule has 0 heterocycles. The van der Waals surface area contributed by atoms with Gasteiger partial charge in [0.15, 0.2) is 6.29 Å². The van der Waals surface area contributed by atoms with Gasteiger partial charge < -0.3 is 5.32 Å². The van der Waals surface area contributed by atoms with Crippen molar-refractivity contribution in [3.05, 3.63) is 54.2 Å². The van der Waals surface area contributed by atoms with Crippen molar-refractivity contribution in [2.75, 3.05) is 0 Å². The summed E-state index contributed by atoms with van der Waals surface area (Å²) in [5.74, 6) is -0.455. The molecule has 0 radical (unpaired) electrons. The third-order valence-corrected chi connectivity index (χ3v) is 1.74. The Morgan fingerprint density at radius 3 is 2.47 bits per heavy atom. The zero-order valence-electron chi connectivity index (χ0n) is 8.14. The molecule has 3 heteroatoms. The predicted molar refractivity (Wildman–Crippen MR) is 58.8 cm³/mol. The van der Waals surface area contributed by atoms with E-state index in [0.29, 0.717) is 6.29 Å². The van der Waals surface area contributed by atoms with E-state index in [1.54, 1.807) is 0 Å². The highest BCUT2D eigenvalue weighted by atomic mass is 16.2. The fourth-order valence-electron chi connectivity index (χ4n) is 1.06. The van der Waals surface area contributed by atoms with Crippen LogP contribution in [0.25, 0.3) is 6.08 Å². The number of carbonyl (C=O) groups excluding carboxylic acids is 2. The summed E-state index contributed by atoms with van der Waals surface area (Å²) in [6.07, 6.45) is 3.28. The molecule has 3 nitrogen and oxygen atoms in total. The number of carbonyl (C=O) groups is 2. The molecule has 1 amide bonds. The Bertz CT molecular complexity index is 393. The SMILES string of the molecule is C=CNC(=O)C(C=O)=Cc1ccccc1. The Labute approximate surface area is 88.1 Å². The van der Waals surface area contributed by atoms with E-state index in [-0.39, 0.29) is 5.57 Å². The van der Waals surface area contributed by atoms with E-state index >= 15 is 0 Å². The van der Waals surface area contributed by atoms with Gasteiger partial charge in [-0.2, -0.15) is 0 Å². The van der Waals surface area contributed by atoms with Crippen molar-refractivity contribution in [1.29, 1.82) is 0 Å². The first-order chi connectivity index (χ1) is 7.27. The molecule has 0 spiro atoms. The summed E-state index contributed by atoms with van der Waals surface area (Å²) >= 11 is 0. The normalized spacial score (nSPS) is 10.5. The van der Waals surface area contributed by atoms with Crippen LogP contribution < -0.4 is 5.32 Å². The molecule has 0 saturated carbocycles. The van der Waals surface area contributed by atoms with Crippen molar-refractivity contribution in [2.45, 2.75) is 0 Å². The van der Waals surface area contributed by atoms with Crippen molar-refractivity contribution in [2.24, 2.45) is 0 Å². The van der Waals surface area contributed by atoms with Crippen molar-refractivity contribution in [1.82, 2.24) is 5.32 Å². The van der Waals surface area contributed by atoms with Crippen LogP contribution in [0.5, 0.6) is 0 Å². The predicted octanol–water partition coefficient (Wildman–Crippen LogP) is 1.53. The van der Waals surface area contributed by atoms with E-state index in [1.807, 2.05) is 30.3 Å². The molecule has 0 aliphatic rings. The first-order valence-electron chi connectivity index (χ1n) is 4.41. The van der Waals surface area contributed by atoms with Gasteiger partial charge in [0.1, 0.15) is 0 Å². The van der Waals surface area contributed by atoms with Gasteiger partial charge in [-0.05, 0) is 17.8 Å². The minimum Gasteiger partial charge on any atom is -0.329 e. The van der Waals surface area contributed by atoms with Gasteiger partial charge in [0.25, 0.3) is 5.91 Å². The maximum atomic E-state index is 11.3. The Hall–Kier alpha value is -2.16. The molecule has 1 aromatic rings. The Morgan fingerprint density at radius 2 is 1.93 bits per heavy atom. The maximum Gasteiger partial charge on any atom is 0.258 e. The molecule has 0 aliphatic heterocycles. The fourth-order valence-corrected chi connectivity index (χ4v) is 1.06.